The van der Waals surface area contributed by atoms with Gasteiger partial charge in [0.2, 0.25) is 5.91 Å². The SMILES string of the molecule is CC1CN(C(=O)CSc2nnc(-c3ccccc3)n2-c2ccccc2)CCN1. The molecule has 6 nitrogen and oxygen atoms in total. The minimum absolute atomic E-state index is 0.141. The predicted octanol–water partition coefficient (Wildman–Crippen LogP) is 2.85. The van der Waals surface area contributed by atoms with Crippen molar-refractivity contribution in [3.05, 3.63) is 60.7 Å². The summed E-state index contributed by atoms with van der Waals surface area (Å²) in [6.45, 7) is 4.45. The van der Waals surface area contributed by atoms with E-state index in [2.05, 4.69) is 22.4 Å². The maximum absolute atomic E-state index is 12.7. The Morgan fingerprint density at radius 2 is 1.82 bits per heavy atom. The third kappa shape index (κ3) is 4.10. The second-order valence-electron chi connectivity index (χ2n) is 6.83. The molecule has 1 fully saturated rings. The number of carbonyl (C=O) groups is 1. The lowest BCUT2D eigenvalue weighted by atomic mass is 10.2. The number of amides is 1. The van der Waals surface area contributed by atoms with Crippen LogP contribution in [0, 0.1) is 0 Å². The van der Waals surface area contributed by atoms with E-state index in [9.17, 15) is 4.79 Å². The van der Waals surface area contributed by atoms with Gasteiger partial charge in [0, 0.05) is 36.9 Å². The van der Waals surface area contributed by atoms with Gasteiger partial charge in [-0.15, -0.1) is 10.2 Å². The molecular weight excluding hydrogens is 370 g/mol. The number of thioether (sulfide) groups is 1. The highest BCUT2D eigenvalue weighted by molar-refractivity contribution is 7.99. The summed E-state index contributed by atoms with van der Waals surface area (Å²) < 4.78 is 2.02. The lowest BCUT2D eigenvalue weighted by molar-refractivity contribution is -0.129. The Labute approximate surface area is 169 Å². The van der Waals surface area contributed by atoms with Crippen LogP contribution in [0.25, 0.3) is 17.1 Å². The van der Waals surface area contributed by atoms with Crippen molar-refractivity contribution >= 4 is 17.7 Å². The number of benzene rings is 2. The molecule has 1 aliphatic rings. The Hall–Kier alpha value is -2.64. The van der Waals surface area contributed by atoms with Crippen LogP contribution >= 0.6 is 11.8 Å². The average Bonchev–Trinajstić information content (AvgIpc) is 3.17. The zero-order valence-corrected chi connectivity index (χ0v) is 16.6. The van der Waals surface area contributed by atoms with Crippen LogP contribution in [0.15, 0.2) is 65.8 Å². The van der Waals surface area contributed by atoms with Gasteiger partial charge in [0.05, 0.1) is 5.75 Å². The number of carbonyl (C=O) groups excluding carboxylic acids is 1. The van der Waals surface area contributed by atoms with Crippen LogP contribution in [0.1, 0.15) is 6.92 Å². The molecule has 0 radical (unpaired) electrons. The molecular formula is C21H23N5OS. The molecule has 144 valence electrons. The molecule has 0 spiro atoms. The molecule has 1 amide bonds. The highest BCUT2D eigenvalue weighted by Crippen LogP contribution is 2.28. The first kappa shape index (κ1) is 18.7. The van der Waals surface area contributed by atoms with Gasteiger partial charge in [-0.3, -0.25) is 9.36 Å². The number of hydrogen-bond acceptors (Lipinski definition) is 5. The molecule has 1 unspecified atom stereocenters. The summed E-state index contributed by atoms with van der Waals surface area (Å²) >= 11 is 1.44. The van der Waals surface area contributed by atoms with E-state index in [1.807, 2.05) is 70.1 Å². The van der Waals surface area contributed by atoms with Gasteiger partial charge in [-0.1, -0.05) is 60.3 Å². The van der Waals surface area contributed by atoms with E-state index in [0.717, 1.165) is 41.9 Å². The van der Waals surface area contributed by atoms with Crippen molar-refractivity contribution in [3.8, 4) is 17.1 Å². The summed E-state index contributed by atoms with van der Waals surface area (Å²) in [5, 5.41) is 12.9. The van der Waals surface area contributed by atoms with Crippen molar-refractivity contribution in [3.63, 3.8) is 0 Å². The van der Waals surface area contributed by atoms with E-state index >= 15 is 0 Å². The van der Waals surface area contributed by atoms with Crippen LogP contribution in [-0.4, -0.2) is 57.0 Å². The fourth-order valence-corrected chi connectivity index (χ4v) is 4.18. The summed E-state index contributed by atoms with van der Waals surface area (Å²) in [7, 11) is 0. The monoisotopic (exact) mass is 393 g/mol. The lowest BCUT2D eigenvalue weighted by Gasteiger charge is -2.31. The third-order valence-electron chi connectivity index (χ3n) is 4.73. The van der Waals surface area contributed by atoms with Gasteiger partial charge in [0.25, 0.3) is 0 Å². The van der Waals surface area contributed by atoms with Gasteiger partial charge in [0.15, 0.2) is 11.0 Å². The van der Waals surface area contributed by atoms with E-state index in [-0.39, 0.29) is 5.91 Å². The van der Waals surface area contributed by atoms with E-state index in [0.29, 0.717) is 11.8 Å². The van der Waals surface area contributed by atoms with Crippen molar-refractivity contribution in [1.82, 2.24) is 25.0 Å². The predicted molar refractivity (Wildman–Crippen MR) is 112 cm³/mol. The molecule has 7 heteroatoms. The number of nitrogens with zero attached hydrogens (tertiary/aromatic N) is 4. The van der Waals surface area contributed by atoms with E-state index < -0.39 is 0 Å². The number of piperazine rings is 1. The highest BCUT2D eigenvalue weighted by Gasteiger charge is 2.22. The zero-order valence-electron chi connectivity index (χ0n) is 15.8. The second-order valence-corrected chi connectivity index (χ2v) is 7.77. The molecule has 28 heavy (non-hydrogen) atoms. The van der Waals surface area contributed by atoms with Crippen LogP contribution in [0.5, 0.6) is 0 Å². The Morgan fingerprint density at radius 3 is 2.54 bits per heavy atom. The summed E-state index contributed by atoms with van der Waals surface area (Å²) in [6.07, 6.45) is 0. The number of aromatic nitrogens is 3. The summed E-state index contributed by atoms with van der Waals surface area (Å²) in [5.41, 5.74) is 1.98. The molecule has 4 rings (SSSR count). The molecule has 3 aromatic rings. The number of rotatable bonds is 5. The minimum Gasteiger partial charge on any atom is -0.339 e. The van der Waals surface area contributed by atoms with E-state index in [1.54, 1.807) is 0 Å². The van der Waals surface area contributed by atoms with Gasteiger partial charge in [-0.05, 0) is 19.1 Å². The first-order valence-electron chi connectivity index (χ1n) is 9.42. The normalized spacial score (nSPS) is 16.9. The largest absolute Gasteiger partial charge is 0.339 e. The molecule has 1 aliphatic heterocycles. The van der Waals surface area contributed by atoms with E-state index in [4.69, 9.17) is 0 Å². The van der Waals surface area contributed by atoms with E-state index in [1.165, 1.54) is 11.8 Å². The Morgan fingerprint density at radius 1 is 1.11 bits per heavy atom. The Balaban J connectivity index is 1.59. The fraction of sp³-hybridized carbons (Fsp3) is 0.286. The summed E-state index contributed by atoms with van der Waals surface area (Å²) in [6, 6.07) is 20.4. The van der Waals surface area contributed by atoms with Crippen LogP contribution in [0.3, 0.4) is 0 Å². The maximum atomic E-state index is 12.7. The Kier molecular flexibility index (Phi) is 5.73. The summed E-state index contributed by atoms with van der Waals surface area (Å²) in [4.78, 5) is 14.6. The first-order valence-corrected chi connectivity index (χ1v) is 10.4. The number of nitrogens with one attached hydrogen (secondary N) is 1. The number of para-hydroxylation sites is 1. The van der Waals surface area contributed by atoms with Gasteiger partial charge >= 0.3 is 0 Å². The fourth-order valence-electron chi connectivity index (χ4n) is 3.32. The van der Waals surface area contributed by atoms with Gasteiger partial charge in [-0.25, -0.2) is 0 Å². The molecule has 1 aromatic heterocycles. The van der Waals surface area contributed by atoms with Gasteiger partial charge in [0.1, 0.15) is 0 Å². The molecule has 0 saturated carbocycles. The van der Waals surface area contributed by atoms with Crippen LogP contribution in [-0.2, 0) is 4.79 Å². The van der Waals surface area contributed by atoms with Crippen molar-refractivity contribution in [1.29, 1.82) is 0 Å². The quantitative estimate of drug-likeness (QED) is 0.676. The molecule has 0 bridgehead atoms. The van der Waals surface area contributed by atoms with Crippen LogP contribution < -0.4 is 5.32 Å². The van der Waals surface area contributed by atoms with Crippen LogP contribution in [0.2, 0.25) is 0 Å². The van der Waals surface area contributed by atoms with Crippen LogP contribution in [0.4, 0.5) is 0 Å². The second kappa shape index (κ2) is 8.58. The molecule has 0 aliphatic carbocycles. The molecule has 1 atom stereocenters. The standard InChI is InChI=1S/C21H23N5OS/c1-16-14-25(13-12-22-16)19(27)15-28-21-24-23-20(17-8-4-2-5-9-17)26(21)18-10-6-3-7-11-18/h2-11,16,22H,12-15H2,1H3. The third-order valence-corrected chi connectivity index (χ3v) is 5.64. The van der Waals surface area contributed by atoms with Gasteiger partial charge < -0.3 is 10.2 Å². The number of hydrogen-bond donors (Lipinski definition) is 1. The first-order chi connectivity index (χ1) is 13.7. The minimum atomic E-state index is 0.141. The average molecular weight is 394 g/mol. The molecule has 2 heterocycles. The highest BCUT2D eigenvalue weighted by atomic mass is 32.2. The lowest BCUT2D eigenvalue weighted by Crippen LogP contribution is -2.51. The topological polar surface area (TPSA) is 63.1 Å². The smallest absolute Gasteiger partial charge is 0.233 e. The maximum Gasteiger partial charge on any atom is 0.233 e. The van der Waals surface area contributed by atoms with Crippen molar-refractivity contribution < 1.29 is 4.79 Å². The molecule has 1 saturated heterocycles. The van der Waals surface area contributed by atoms with Gasteiger partial charge in [-0.2, -0.15) is 0 Å². The molecule has 2 aromatic carbocycles. The summed E-state index contributed by atoms with van der Waals surface area (Å²) in [5.74, 6) is 1.27. The Bertz CT molecular complexity index is 928. The van der Waals surface area contributed by atoms with Crippen molar-refractivity contribution in [2.24, 2.45) is 0 Å². The van der Waals surface area contributed by atoms with Crippen molar-refractivity contribution in [2.45, 2.75) is 18.1 Å². The zero-order chi connectivity index (χ0) is 19.3. The van der Waals surface area contributed by atoms with Crippen molar-refractivity contribution in [2.75, 3.05) is 25.4 Å². The molecule has 1 N–H and O–H groups in total.